The van der Waals surface area contributed by atoms with Gasteiger partial charge >= 0.3 is 0 Å². The second kappa shape index (κ2) is 19.1. The number of hydrogen-bond acceptors (Lipinski definition) is 9. The Balaban J connectivity index is 0.994. The zero-order valence-electron chi connectivity index (χ0n) is 27.1. The molecule has 3 amide bonds. The largest absolute Gasteiger partial charge is 0.493 e. The van der Waals surface area contributed by atoms with Gasteiger partial charge in [-0.25, -0.2) is 0 Å². The highest BCUT2D eigenvalue weighted by molar-refractivity contribution is 6.00. The van der Waals surface area contributed by atoms with Crippen LogP contribution in [0.25, 0.3) is 0 Å². The minimum absolute atomic E-state index is 0.0716. The lowest BCUT2D eigenvalue weighted by atomic mass is 9.90. The number of carbonyl (C=O) groups is 3. The van der Waals surface area contributed by atoms with Crippen LogP contribution in [0.2, 0.25) is 0 Å². The standard InChI is InChI=1S/C36H44N2O9/c1-42-32-15-9-27(24-33(32)43-2)6-3-5-26-7-4-8-30(23-26)47-25-35(40)37-17-18-44-19-20-45-21-22-46-29-12-10-28(11-13-29)31-14-16-34(39)38-36(31)41/h4,7-13,15,23-24,31H,3,5-6,14,16-22,25H2,1-2H3,(H,37,40)(H,38,39,41). The normalized spacial score (nSPS) is 14.3. The summed E-state index contributed by atoms with van der Waals surface area (Å²) in [5, 5.41) is 5.17. The minimum atomic E-state index is -0.311. The average molecular weight is 649 g/mol. The molecular formula is C36H44N2O9. The molecule has 0 spiro atoms. The smallest absolute Gasteiger partial charge is 0.258 e. The first kappa shape index (κ1) is 35.2. The van der Waals surface area contributed by atoms with Crippen LogP contribution >= 0.6 is 0 Å². The summed E-state index contributed by atoms with van der Waals surface area (Å²) in [5.74, 6) is 1.78. The Morgan fingerprint density at radius 2 is 1.51 bits per heavy atom. The minimum Gasteiger partial charge on any atom is -0.493 e. The number of methoxy groups -OCH3 is 2. The molecular weight excluding hydrogens is 604 g/mol. The van der Waals surface area contributed by atoms with Crippen molar-refractivity contribution in [1.29, 1.82) is 0 Å². The van der Waals surface area contributed by atoms with Gasteiger partial charge in [0.15, 0.2) is 18.1 Å². The first-order valence-electron chi connectivity index (χ1n) is 15.9. The molecule has 0 bridgehead atoms. The van der Waals surface area contributed by atoms with Gasteiger partial charge in [0.25, 0.3) is 5.91 Å². The number of aryl methyl sites for hydroxylation is 2. The Labute approximate surface area is 275 Å². The number of nitrogens with one attached hydrogen (secondary N) is 2. The summed E-state index contributed by atoms with van der Waals surface area (Å²) < 4.78 is 33.1. The van der Waals surface area contributed by atoms with Crippen LogP contribution in [0, 0.1) is 0 Å². The van der Waals surface area contributed by atoms with Crippen LogP contribution in [-0.4, -0.2) is 78.1 Å². The zero-order chi connectivity index (χ0) is 33.3. The molecule has 0 radical (unpaired) electrons. The summed E-state index contributed by atoms with van der Waals surface area (Å²) in [4.78, 5) is 35.6. The first-order chi connectivity index (χ1) is 22.9. The van der Waals surface area contributed by atoms with E-state index in [0.29, 0.717) is 63.9 Å². The molecule has 3 aromatic carbocycles. The van der Waals surface area contributed by atoms with E-state index in [1.54, 1.807) is 14.2 Å². The summed E-state index contributed by atoms with van der Waals surface area (Å²) >= 11 is 0. The van der Waals surface area contributed by atoms with Crippen molar-refractivity contribution in [1.82, 2.24) is 10.6 Å². The van der Waals surface area contributed by atoms with Crippen LogP contribution in [0.15, 0.2) is 66.7 Å². The van der Waals surface area contributed by atoms with Crippen LogP contribution in [-0.2, 0) is 36.7 Å². The fourth-order valence-electron chi connectivity index (χ4n) is 5.13. The van der Waals surface area contributed by atoms with Crippen molar-refractivity contribution in [3.05, 3.63) is 83.4 Å². The van der Waals surface area contributed by atoms with Crippen molar-refractivity contribution in [2.75, 3.05) is 60.4 Å². The van der Waals surface area contributed by atoms with E-state index in [2.05, 4.69) is 16.7 Å². The number of carbonyl (C=O) groups excluding carboxylic acids is 3. The van der Waals surface area contributed by atoms with E-state index >= 15 is 0 Å². The summed E-state index contributed by atoms with van der Waals surface area (Å²) in [6.45, 7) is 2.22. The highest BCUT2D eigenvalue weighted by Gasteiger charge is 2.27. The lowest BCUT2D eigenvalue weighted by Crippen LogP contribution is -2.39. The monoisotopic (exact) mass is 648 g/mol. The molecule has 3 aromatic rings. The quantitative estimate of drug-likeness (QED) is 0.138. The Morgan fingerprint density at radius 1 is 0.787 bits per heavy atom. The van der Waals surface area contributed by atoms with E-state index in [4.69, 9.17) is 28.4 Å². The molecule has 1 aliphatic heterocycles. The predicted molar refractivity (Wildman–Crippen MR) is 175 cm³/mol. The van der Waals surface area contributed by atoms with Gasteiger partial charge in [0.1, 0.15) is 18.1 Å². The number of benzene rings is 3. The van der Waals surface area contributed by atoms with Gasteiger partial charge in [-0.05, 0) is 78.8 Å². The Hall–Kier alpha value is -4.61. The van der Waals surface area contributed by atoms with Gasteiger partial charge < -0.3 is 33.7 Å². The van der Waals surface area contributed by atoms with Crippen LogP contribution in [0.4, 0.5) is 0 Å². The van der Waals surface area contributed by atoms with E-state index in [-0.39, 0.29) is 30.2 Å². The third-order valence-corrected chi connectivity index (χ3v) is 7.61. The molecule has 0 aliphatic carbocycles. The van der Waals surface area contributed by atoms with Crippen LogP contribution in [0.3, 0.4) is 0 Å². The Morgan fingerprint density at radius 3 is 2.26 bits per heavy atom. The van der Waals surface area contributed by atoms with Gasteiger partial charge in [-0.15, -0.1) is 0 Å². The van der Waals surface area contributed by atoms with Crippen molar-refractivity contribution in [2.24, 2.45) is 0 Å². The third-order valence-electron chi connectivity index (χ3n) is 7.61. The fraction of sp³-hybridized carbons (Fsp3) is 0.417. The molecule has 1 aliphatic rings. The van der Waals surface area contributed by atoms with Crippen molar-refractivity contribution in [3.63, 3.8) is 0 Å². The maximum atomic E-state index is 12.2. The summed E-state index contributed by atoms with van der Waals surface area (Å²) in [6.07, 6.45) is 3.61. The lowest BCUT2D eigenvalue weighted by Gasteiger charge is -2.21. The van der Waals surface area contributed by atoms with Crippen molar-refractivity contribution < 1.29 is 42.8 Å². The highest BCUT2D eigenvalue weighted by atomic mass is 16.5. The maximum Gasteiger partial charge on any atom is 0.258 e. The second-order valence-electron chi connectivity index (χ2n) is 11.0. The van der Waals surface area contributed by atoms with E-state index in [1.807, 2.05) is 60.7 Å². The maximum absolute atomic E-state index is 12.2. The van der Waals surface area contributed by atoms with Crippen LogP contribution < -0.4 is 29.6 Å². The third kappa shape index (κ3) is 11.9. The van der Waals surface area contributed by atoms with Gasteiger partial charge in [0.2, 0.25) is 11.8 Å². The summed E-state index contributed by atoms with van der Waals surface area (Å²) in [7, 11) is 3.26. The number of piperidine rings is 1. The molecule has 11 nitrogen and oxygen atoms in total. The number of ether oxygens (including phenoxy) is 6. The molecule has 0 aromatic heterocycles. The number of hydrogen-bond donors (Lipinski definition) is 2. The lowest BCUT2D eigenvalue weighted by molar-refractivity contribution is -0.134. The molecule has 1 heterocycles. The van der Waals surface area contributed by atoms with Crippen molar-refractivity contribution in [2.45, 2.75) is 38.0 Å². The number of imide groups is 1. The molecule has 1 fully saturated rings. The van der Waals surface area contributed by atoms with E-state index in [1.165, 1.54) is 5.56 Å². The highest BCUT2D eigenvalue weighted by Crippen LogP contribution is 2.28. The van der Waals surface area contributed by atoms with Crippen molar-refractivity contribution in [3.8, 4) is 23.0 Å². The Bertz CT molecular complexity index is 1440. The van der Waals surface area contributed by atoms with E-state index in [0.717, 1.165) is 41.9 Å². The summed E-state index contributed by atoms with van der Waals surface area (Å²) in [6, 6.07) is 21.1. The second-order valence-corrected chi connectivity index (χ2v) is 11.0. The molecule has 47 heavy (non-hydrogen) atoms. The van der Waals surface area contributed by atoms with Crippen LogP contribution in [0.5, 0.6) is 23.0 Å². The van der Waals surface area contributed by atoms with Gasteiger partial charge in [-0.3, -0.25) is 19.7 Å². The SMILES string of the molecule is COc1ccc(CCCc2cccc(OCC(=O)NCCOCCOCCOc3ccc(C4CCC(=O)NC4=O)cc3)c2)cc1OC. The number of rotatable bonds is 20. The van der Waals surface area contributed by atoms with Crippen LogP contribution in [0.1, 0.15) is 41.9 Å². The van der Waals surface area contributed by atoms with Crippen molar-refractivity contribution >= 4 is 17.7 Å². The molecule has 0 saturated carbocycles. The predicted octanol–water partition coefficient (Wildman–Crippen LogP) is 4.01. The fourth-order valence-corrected chi connectivity index (χ4v) is 5.13. The zero-order valence-corrected chi connectivity index (χ0v) is 27.1. The number of amides is 3. The molecule has 1 saturated heterocycles. The molecule has 1 atom stereocenters. The van der Waals surface area contributed by atoms with Gasteiger partial charge in [-0.2, -0.15) is 0 Å². The average Bonchev–Trinajstić information content (AvgIpc) is 3.08. The molecule has 11 heteroatoms. The van der Waals surface area contributed by atoms with Gasteiger partial charge in [0, 0.05) is 13.0 Å². The molecule has 1 unspecified atom stereocenters. The Kier molecular flexibility index (Phi) is 14.4. The van der Waals surface area contributed by atoms with E-state index in [9.17, 15) is 14.4 Å². The van der Waals surface area contributed by atoms with Gasteiger partial charge in [-0.1, -0.05) is 30.3 Å². The molecule has 4 rings (SSSR count). The molecule has 2 N–H and O–H groups in total. The first-order valence-corrected chi connectivity index (χ1v) is 15.9. The van der Waals surface area contributed by atoms with E-state index < -0.39 is 0 Å². The topological polar surface area (TPSA) is 131 Å². The summed E-state index contributed by atoms with van der Waals surface area (Å²) in [5.41, 5.74) is 3.19. The molecule has 252 valence electrons. The van der Waals surface area contributed by atoms with Gasteiger partial charge in [0.05, 0.1) is 46.6 Å².